The molecule has 2 aromatic rings. The van der Waals surface area contributed by atoms with Gasteiger partial charge in [0.1, 0.15) is 0 Å². The largest absolute Gasteiger partial charge is 0.341 e. The lowest BCUT2D eigenvalue weighted by atomic mass is 10.1. The molecule has 0 unspecified atom stereocenters. The summed E-state index contributed by atoms with van der Waals surface area (Å²) in [6, 6.07) is 3.82. The predicted octanol–water partition coefficient (Wildman–Crippen LogP) is 3.16. The van der Waals surface area contributed by atoms with Crippen LogP contribution in [0.2, 0.25) is 0 Å². The van der Waals surface area contributed by atoms with Crippen LogP contribution in [0.1, 0.15) is 48.9 Å². The van der Waals surface area contributed by atoms with Gasteiger partial charge >= 0.3 is 0 Å². The fraction of sp³-hybridized carbons (Fsp3) is 0.500. The van der Waals surface area contributed by atoms with Crippen LogP contribution in [0, 0.1) is 0 Å². The second kappa shape index (κ2) is 7.81. The van der Waals surface area contributed by atoms with Crippen molar-refractivity contribution >= 4 is 11.9 Å². The molecule has 0 aliphatic carbocycles. The summed E-state index contributed by atoms with van der Waals surface area (Å²) in [5.41, 5.74) is 2.24. The van der Waals surface area contributed by atoms with Crippen molar-refractivity contribution in [2.75, 3.05) is 31.1 Å². The Labute approximate surface area is 154 Å². The van der Waals surface area contributed by atoms with Crippen LogP contribution in [-0.4, -0.2) is 51.9 Å². The standard InChI is InChI=1S/C20H25N5O/c26-19(24-11-3-1-2-4-12-24)17-15-22-20(25-13-5-6-14-25)23-18(17)16-7-9-21-10-8-16/h7-10,15H,1-6,11-14H2. The number of rotatable bonds is 3. The van der Waals surface area contributed by atoms with Crippen molar-refractivity contribution in [3.05, 3.63) is 36.3 Å². The summed E-state index contributed by atoms with van der Waals surface area (Å²) in [4.78, 5) is 30.8. The number of anilines is 1. The van der Waals surface area contributed by atoms with Crippen LogP contribution in [0.3, 0.4) is 0 Å². The number of pyridine rings is 1. The molecule has 6 heteroatoms. The minimum absolute atomic E-state index is 0.0479. The Morgan fingerprint density at radius 1 is 0.885 bits per heavy atom. The summed E-state index contributed by atoms with van der Waals surface area (Å²) < 4.78 is 0. The molecule has 0 atom stereocenters. The number of amides is 1. The first-order valence-electron chi connectivity index (χ1n) is 9.64. The van der Waals surface area contributed by atoms with Crippen molar-refractivity contribution in [3.8, 4) is 11.3 Å². The third-order valence-electron chi connectivity index (χ3n) is 5.24. The van der Waals surface area contributed by atoms with Gasteiger partial charge in [0, 0.05) is 50.3 Å². The van der Waals surface area contributed by atoms with Crippen molar-refractivity contribution in [1.82, 2.24) is 19.9 Å². The highest BCUT2D eigenvalue weighted by molar-refractivity contribution is 5.99. The maximum Gasteiger partial charge on any atom is 0.257 e. The van der Waals surface area contributed by atoms with Gasteiger partial charge in [-0.3, -0.25) is 9.78 Å². The van der Waals surface area contributed by atoms with Crippen LogP contribution in [0.25, 0.3) is 11.3 Å². The average molecular weight is 351 g/mol. The number of carbonyl (C=O) groups is 1. The molecule has 0 spiro atoms. The zero-order valence-electron chi connectivity index (χ0n) is 15.1. The van der Waals surface area contributed by atoms with Gasteiger partial charge in [0.15, 0.2) is 0 Å². The van der Waals surface area contributed by atoms with Crippen LogP contribution >= 0.6 is 0 Å². The molecule has 136 valence electrons. The number of hydrogen-bond donors (Lipinski definition) is 0. The maximum absolute atomic E-state index is 13.2. The molecule has 26 heavy (non-hydrogen) atoms. The van der Waals surface area contributed by atoms with Gasteiger partial charge in [-0.1, -0.05) is 12.8 Å². The highest BCUT2D eigenvalue weighted by Crippen LogP contribution is 2.26. The Morgan fingerprint density at radius 2 is 1.54 bits per heavy atom. The molecule has 2 aliphatic rings. The molecular weight excluding hydrogens is 326 g/mol. The Kier molecular flexibility index (Phi) is 5.09. The summed E-state index contributed by atoms with van der Waals surface area (Å²) in [5, 5.41) is 0. The Bertz CT molecular complexity index is 750. The van der Waals surface area contributed by atoms with E-state index < -0.39 is 0 Å². The second-order valence-corrected chi connectivity index (χ2v) is 7.07. The van der Waals surface area contributed by atoms with Crippen LogP contribution in [0.5, 0.6) is 0 Å². The number of hydrogen-bond acceptors (Lipinski definition) is 5. The second-order valence-electron chi connectivity index (χ2n) is 7.07. The number of aromatic nitrogens is 3. The summed E-state index contributed by atoms with van der Waals surface area (Å²) in [6.07, 6.45) is 12.1. The first-order valence-corrected chi connectivity index (χ1v) is 9.64. The summed E-state index contributed by atoms with van der Waals surface area (Å²) in [6.45, 7) is 3.61. The Balaban J connectivity index is 1.71. The molecule has 0 aromatic carbocycles. The highest BCUT2D eigenvalue weighted by atomic mass is 16.2. The summed E-state index contributed by atoms with van der Waals surface area (Å²) in [7, 11) is 0. The quantitative estimate of drug-likeness (QED) is 0.850. The summed E-state index contributed by atoms with van der Waals surface area (Å²) in [5.74, 6) is 0.772. The van der Waals surface area contributed by atoms with Gasteiger partial charge in [-0.25, -0.2) is 9.97 Å². The van der Waals surface area contributed by atoms with Gasteiger partial charge in [0.05, 0.1) is 11.3 Å². The van der Waals surface area contributed by atoms with Gasteiger partial charge in [0.25, 0.3) is 5.91 Å². The molecule has 1 amide bonds. The topological polar surface area (TPSA) is 62.2 Å². The van der Waals surface area contributed by atoms with E-state index in [0.717, 1.165) is 56.2 Å². The van der Waals surface area contributed by atoms with Gasteiger partial charge in [-0.15, -0.1) is 0 Å². The van der Waals surface area contributed by atoms with E-state index in [0.29, 0.717) is 5.56 Å². The highest BCUT2D eigenvalue weighted by Gasteiger charge is 2.24. The molecule has 0 radical (unpaired) electrons. The van der Waals surface area contributed by atoms with E-state index in [2.05, 4.69) is 14.9 Å². The van der Waals surface area contributed by atoms with E-state index in [1.165, 1.54) is 25.7 Å². The van der Waals surface area contributed by atoms with Gasteiger partial charge in [0.2, 0.25) is 5.95 Å². The van der Waals surface area contributed by atoms with Gasteiger partial charge < -0.3 is 9.80 Å². The zero-order chi connectivity index (χ0) is 17.8. The van der Waals surface area contributed by atoms with Crippen molar-refractivity contribution in [1.29, 1.82) is 0 Å². The fourth-order valence-corrected chi connectivity index (χ4v) is 3.77. The predicted molar refractivity (Wildman–Crippen MR) is 101 cm³/mol. The SMILES string of the molecule is O=C(c1cnc(N2CCCC2)nc1-c1ccncc1)N1CCCCCC1. The summed E-state index contributed by atoms with van der Waals surface area (Å²) >= 11 is 0. The van der Waals surface area contributed by atoms with Crippen LogP contribution < -0.4 is 4.90 Å². The molecule has 0 bridgehead atoms. The molecule has 0 saturated carbocycles. The molecule has 2 aromatic heterocycles. The molecule has 4 rings (SSSR count). The third kappa shape index (κ3) is 3.54. The van der Waals surface area contributed by atoms with E-state index in [1.54, 1.807) is 18.6 Å². The maximum atomic E-state index is 13.2. The molecular formula is C20H25N5O. The number of likely N-dealkylation sites (tertiary alicyclic amines) is 1. The van der Waals surface area contributed by atoms with Crippen molar-refractivity contribution in [3.63, 3.8) is 0 Å². The molecule has 0 N–H and O–H groups in total. The lowest BCUT2D eigenvalue weighted by Crippen LogP contribution is -2.32. The van der Waals surface area contributed by atoms with Gasteiger partial charge in [-0.05, 0) is 37.8 Å². The molecule has 2 saturated heterocycles. The third-order valence-corrected chi connectivity index (χ3v) is 5.24. The first-order chi connectivity index (χ1) is 12.8. The van der Waals surface area contributed by atoms with Crippen molar-refractivity contribution < 1.29 is 4.79 Å². The molecule has 4 heterocycles. The molecule has 6 nitrogen and oxygen atoms in total. The number of nitrogens with zero attached hydrogens (tertiary/aromatic N) is 5. The van der Waals surface area contributed by atoms with Crippen molar-refractivity contribution in [2.24, 2.45) is 0 Å². The van der Waals surface area contributed by atoms with Crippen molar-refractivity contribution in [2.45, 2.75) is 38.5 Å². The van der Waals surface area contributed by atoms with E-state index >= 15 is 0 Å². The smallest absolute Gasteiger partial charge is 0.257 e. The van der Waals surface area contributed by atoms with Gasteiger partial charge in [-0.2, -0.15) is 0 Å². The average Bonchev–Trinajstić information content (AvgIpc) is 3.10. The van der Waals surface area contributed by atoms with E-state index in [9.17, 15) is 4.79 Å². The Hall–Kier alpha value is -2.50. The molecule has 2 aliphatic heterocycles. The normalized spacial score (nSPS) is 18.0. The van der Waals surface area contributed by atoms with E-state index in [1.807, 2.05) is 17.0 Å². The lowest BCUT2D eigenvalue weighted by molar-refractivity contribution is 0.0761. The minimum Gasteiger partial charge on any atom is -0.341 e. The fourth-order valence-electron chi connectivity index (χ4n) is 3.77. The minimum atomic E-state index is 0.0479. The first kappa shape index (κ1) is 16.9. The Morgan fingerprint density at radius 3 is 2.23 bits per heavy atom. The monoisotopic (exact) mass is 351 g/mol. The van der Waals surface area contributed by atoms with Crippen LogP contribution in [0.4, 0.5) is 5.95 Å². The van der Waals surface area contributed by atoms with E-state index in [4.69, 9.17) is 4.98 Å². The number of carbonyl (C=O) groups excluding carboxylic acids is 1. The molecule has 2 fully saturated rings. The zero-order valence-corrected chi connectivity index (χ0v) is 15.1. The lowest BCUT2D eigenvalue weighted by Gasteiger charge is -2.22. The van der Waals surface area contributed by atoms with Crippen LogP contribution in [-0.2, 0) is 0 Å². The van der Waals surface area contributed by atoms with Crippen LogP contribution in [0.15, 0.2) is 30.7 Å². The van der Waals surface area contributed by atoms with E-state index in [-0.39, 0.29) is 5.91 Å².